The third-order valence-electron chi connectivity index (χ3n) is 7.90. The highest BCUT2D eigenvalue weighted by atomic mass is 32.1. The number of para-hydroxylation sites is 1. The molecule has 0 bridgehead atoms. The lowest BCUT2D eigenvalue weighted by atomic mass is 9.91. The summed E-state index contributed by atoms with van der Waals surface area (Å²) in [5.41, 5.74) is 10.4. The summed E-state index contributed by atoms with van der Waals surface area (Å²) >= 11 is 1.94. The van der Waals surface area contributed by atoms with E-state index in [1.54, 1.807) is 0 Å². The van der Waals surface area contributed by atoms with Crippen molar-refractivity contribution < 1.29 is 0 Å². The molecule has 0 spiro atoms. The van der Waals surface area contributed by atoms with Gasteiger partial charge in [-0.2, -0.15) is 0 Å². The van der Waals surface area contributed by atoms with E-state index < -0.39 is 0 Å². The first-order valence-electron chi connectivity index (χ1n) is 13.3. The summed E-state index contributed by atoms with van der Waals surface area (Å²) in [6.07, 6.45) is 4.67. The van der Waals surface area contributed by atoms with Gasteiger partial charge in [0.2, 0.25) is 0 Å². The van der Waals surface area contributed by atoms with Crippen molar-refractivity contribution in [2.45, 2.75) is 12.8 Å². The molecular weight excluding hydrogens is 478 g/mol. The molecule has 1 nitrogen and oxygen atoms in total. The molecule has 0 saturated heterocycles. The molecule has 0 saturated carbocycles. The van der Waals surface area contributed by atoms with Crippen LogP contribution in [0.4, 0.5) is 0 Å². The maximum absolute atomic E-state index is 2.44. The van der Waals surface area contributed by atoms with Gasteiger partial charge in [0.1, 0.15) is 0 Å². The van der Waals surface area contributed by atoms with Crippen LogP contribution in [0.2, 0.25) is 0 Å². The molecule has 0 amide bonds. The summed E-state index contributed by atoms with van der Waals surface area (Å²) in [4.78, 5) is 1.44. The molecule has 2 heterocycles. The highest BCUT2D eigenvalue weighted by molar-refractivity contribution is 7.20. The Morgan fingerprint density at radius 1 is 0.553 bits per heavy atom. The number of hydrogen-bond acceptors (Lipinski definition) is 1. The van der Waals surface area contributed by atoms with Gasteiger partial charge in [-0.1, -0.05) is 91.0 Å². The third-order valence-corrected chi connectivity index (χ3v) is 9.15. The Labute approximate surface area is 225 Å². The molecular formula is C36H25NS. The molecule has 0 radical (unpaired) electrons. The molecule has 7 aromatic rings. The van der Waals surface area contributed by atoms with Gasteiger partial charge in [0, 0.05) is 26.0 Å². The van der Waals surface area contributed by atoms with Crippen LogP contribution < -0.4 is 0 Å². The Bertz CT molecular complexity index is 2000. The van der Waals surface area contributed by atoms with Crippen LogP contribution in [0.1, 0.15) is 22.4 Å². The Morgan fingerprint density at radius 3 is 2.11 bits per heavy atom. The lowest BCUT2D eigenvalue weighted by molar-refractivity contribution is 0.998. The molecule has 2 aromatic heterocycles. The van der Waals surface area contributed by atoms with E-state index in [2.05, 4.69) is 132 Å². The van der Waals surface area contributed by atoms with E-state index in [1.807, 2.05) is 11.3 Å². The van der Waals surface area contributed by atoms with Gasteiger partial charge < -0.3 is 4.57 Å². The minimum absolute atomic E-state index is 1.09. The standard InChI is InChI=1S/C36H25NS/c1-2-9-24(10-3-1)25-17-20-27(21-18-25)37-33-15-6-4-11-29(33)32-23-26(19-22-34(32)37)28-13-8-14-31-30-12-5-7-16-35(30)38-36(28)31/h1-7,9-13,15-23H,8,14H2. The van der Waals surface area contributed by atoms with Crippen molar-refractivity contribution >= 4 is 48.8 Å². The van der Waals surface area contributed by atoms with Crippen LogP contribution in [0.15, 0.2) is 127 Å². The van der Waals surface area contributed by atoms with E-state index in [4.69, 9.17) is 0 Å². The van der Waals surface area contributed by atoms with Crippen LogP contribution >= 0.6 is 11.3 Å². The van der Waals surface area contributed by atoms with Gasteiger partial charge in [-0.25, -0.2) is 0 Å². The predicted octanol–water partition coefficient (Wildman–Crippen LogP) is 10.0. The van der Waals surface area contributed by atoms with Crippen molar-refractivity contribution in [2.24, 2.45) is 0 Å². The Balaban J connectivity index is 1.29. The van der Waals surface area contributed by atoms with E-state index in [-0.39, 0.29) is 0 Å². The van der Waals surface area contributed by atoms with Gasteiger partial charge in [-0.05, 0) is 82.5 Å². The van der Waals surface area contributed by atoms with Gasteiger partial charge in [0.15, 0.2) is 0 Å². The van der Waals surface area contributed by atoms with E-state index in [9.17, 15) is 0 Å². The molecule has 0 atom stereocenters. The molecule has 0 unspecified atom stereocenters. The monoisotopic (exact) mass is 503 g/mol. The number of hydrogen-bond donors (Lipinski definition) is 0. The topological polar surface area (TPSA) is 4.93 Å². The highest BCUT2D eigenvalue weighted by Crippen LogP contribution is 2.43. The Morgan fingerprint density at radius 2 is 1.24 bits per heavy atom. The predicted molar refractivity (Wildman–Crippen MR) is 163 cm³/mol. The number of fused-ring (bicyclic) bond motifs is 6. The van der Waals surface area contributed by atoms with Gasteiger partial charge in [0.05, 0.1) is 11.0 Å². The fourth-order valence-corrected chi connectivity index (χ4v) is 7.43. The van der Waals surface area contributed by atoms with E-state index in [0.29, 0.717) is 0 Å². The molecule has 8 rings (SSSR count). The number of aromatic nitrogens is 1. The van der Waals surface area contributed by atoms with Crippen molar-refractivity contribution in [3.63, 3.8) is 0 Å². The molecule has 1 aliphatic rings. The van der Waals surface area contributed by atoms with Gasteiger partial charge in [-0.3, -0.25) is 0 Å². The maximum Gasteiger partial charge on any atom is 0.0541 e. The van der Waals surface area contributed by atoms with Crippen molar-refractivity contribution in [2.75, 3.05) is 0 Å². The summed E-state index contributed by atoms with van der Waals surface area (Å²) in [5.74, 6) is 0. The molecule has 180 valence electrons. The maximum atomic E-state index is 2.44. The average Bonchev–Trinajstić information content (AvgIpc) is 3.53. The van der Waals surface area contributed by atoms with E-state index in [1.165, 1.54) is 70.3 Å². The number of aryl methyl sites for hydroxylation is 1. The largest absolute Gasteiger partial charge is 0.309 e. The first kappa shape index (κ1) is 21.7. The van der Waals surface area contributed by atoms with Gasteiger partial charge in [0.25, 0.3) is 0 Å². The van der Waals surface area contributed by atoms with Crippen LogP contribution in [-0.2, 0) is 6.42 Å². The zero-order valence-corrected chi connectivity index (χ0v) is 21.7. The smallest absolute Gasteiger partial charge is 0.0541 e. The highest BCUT2D eigenvalue weighted by Gasteiger charge is 2.21. The lowest BCUT2D eigenvalue weighted by Gasteiger charge is -2.15. The van der Waals surface area contributed by atoms with Crippen molar-refractivity contribution in [1.82, 2.24) is 4.57 Å². The van der Waals surface area contributed by atoms with E-state index >= 15 is 0 Å². The minimum atomic E-state index is 1.09. The number of thiophene rings is 1. The quantitative estimate of drug-likeness (QED) is 0.226. The summed E-state index contributed by atoms with van der Waals surface area (Å²) in [6, 6.07) is 44.3. The third kappa shape index (κ3) is 3.31. The normalized spacial score (nSPS) is 13.2. The molecule has 5 aromatic carbocycles. The second-order valence-corrected chi connectivity index (χ2v) is 11.1. The van der Waals surface area contributed by atoms with Crippen LogP contribution in [0.5, 0.6) is 0 Å². The minimum Gasteiger partial charge on any atom is -0.309 e. The second kappa shape index (κ2) is 8.58. The summed E-state index contributed by atoms with van der Waals surface area (Å²) in [5, 5.41) is 4.03. The summed E-state index contributed by atoms with van der Waals surface area (Å²) in [6.45, 7) is 0. The molecule has 38 heavy (non-hydrogen) atoms. The van der Waals surface area contributed by atoms with Gasteiger partial charge in [-0.15, -0.1) is 11.3 Å². The van der Waals surface area contributed by atoms with Crippen molar-refractivity contribution in [1.29, 1.82) is 0 Å². The zero-order chi connectivity index (χ0) is 25.1. The van der Waals surface area contributed by atoms with E-state index in [0.717, 1.165) is 12.8 Å². The first-order chi connectivity index (χ1) is 18.8. The number of benzene rings is 5. The molecule has 1 aliphatic carbocycles. The zero-order valence-electron chi connectivity index (χ0n) is 20.9. The fourth-order valence-electron chi connectivity index (χ4n) is 6.12. The van der Waals surface area contributed by atoms with Crippen LogP contribution in [0.3, 0.4) is 0 Å². The Kier molecular flexibility index (Phi) is 4.89. The Hall–Kier alpha value is -4.40. The second-order valence-electron chi connectivity index (χ2n) is 10.1. The van der Waals surface area contributed by atoms with Crippen LogP contribution in [0, 0.1) is 0 Å². The molecule has 0 fully saturated rings. The number of allylic oxidation sites excluding steroid dienone is 1. The van der Waals surface area contributed by atoms with Crippen molar-refractivity contribution in [3.8, 4) is 16.8 Å². The fraction of sp³-hybridized carbons (Fsp3) is 0.0556. The van der Waals surface area contributed by atoms with Crippen molar-refractivity contribution in [3.05, 3.63) is 143 Å². The van der Waals surface area contributed by atoms with Crippen LogP contribution in [0.25, 0.3) is 54.3 Å². The first-order valence-corrected chi connectivity index (χ1v) is 14.1. The lowest BCUT2D eigenvalue weighted by Crippen LogP contribution is -1.98. The SMILES string of the molecule is C1=C(c2ccc3c(c2)c2ccccc2n3-c2ccc(-c3ccccc3)cc2)c2sc3ccccc3c2CC1. The average molecular weight is 504 g/mol. The summed E-state index contributed by atoms with van der Waals surface area (Å²) < 4.78 is 3.80. The number of rotatable bonds is 3. The van der Waals surface area contributed by atoms with Crippen LogP contribution in [-0.4, -0.2) is 4.57 Å². The molecule has 2 heteroatoms. The molecule has 0 N–H and O–H groups in total. The molecule has 0 aliphatic heterocycles. The van der Waals surface area contributed by atoms with Gasteiger partial charge >= 0.3 is 0 Å². The summed E-state index contributed by atoms with van der Waals surface area (Å²) in [7, 11) is 0. The number of nitrogens with zero attached hydrogens (tertiary/aromatic N) is 1.